The van der Waals surface area contributed by atoms with Gasteiger partial charge >= 0.3 is 0 Å². The molecule has 5 heteroatoms. The maximum absolute atomic E-state index is 12.6. The summed E-state index contributed by atoms with van der Waals surface area (Å²) < 4.78 is 9.22. The van der Waals surface area contributed by atoms with E-state index >= 15 is 0 Å². The first-order valence-electron chi connectivity index (χ1n) is 9.10. The van der Waals surface area contributed by atoms with Crippen molar-refractivity contribution in [3.8, 4) is 0 Å². The van der Waals surface area contributed by atoms with Gasteiger partial charge in [0.1, 0.15) is 0 Å². The molecule has 0 aliphatic carbocycles. The van der Waals surface area contributed by atoms with Gasteiger partial charge in [-0.15, -0.1) is 0 Å². The van der Waals surface area contributed by atoms with Crippen LogP contribution in [0.15, 0.2) is 48.5 Å². The lowest BCUT2D eigenvalue weighted by Gasteiger charge is -2.39. The highest BCUT2D eigenvalue weighted by atomic mass is 32.2. The molecular formula is C21H26N2O2S. The SMILES string of the molecule is CCCSNc1ccc(C(=O)N2CC(OCc3ccccc3)C2)cc1C. The smallest absolute Gasteiger partial charge is 0.254 e. The lowest BCUT2D eigenvalue weighted by atomic mass is 10.1. The molecule has 2 aromatic carbocycles. The predicted octanol–water partition coefficient (Wildman–Crippen LogP) is 4.51. The molecule has 1 fully saturated rings. The van der Waals surface area contributed by atoms with Crippen LogP contribution in [0.2, 0.25) is 0 Å². The molecule has 1 N–H and O–H groups in total. The van der Waals surface area contributed by atoms with E-state index in [0.29, 0.717) is 19.7 Å². The van der Waals surface area contributed by atoms with Crippen LogP contribution in [-0.2, 0) is 11.3 Å². The van der Waals surface area contributed by atoms with Gasteiger partial charge in [-0.2, -0.15) is 0 Å². The third kappa shape index (κ3) is 4.80. The highest BCUT2D eigenvalue weighted by Gasteiger charge is 2.32. The molecule has 0 spiro atoms. The summed E-state index contributed by atoms with van der Waals surface area (Å²) >= 11 is 1.70. The second-order valence-corrected chi connectivity index (χ2v) is 7.51. The molecule has 0 radical (unpaired) electrons. The fourth-order valence-electron chi connectivity index (χ4n) is 2.82. The quantitative estimate of drug-likeness (QED) is 0.548. The van der Waals surface area contributed by atoms with Crippen LogP contribution in [0.4, 0.5) is 5.69 Å². The Kier molecular flexibility index (Phi) is 6.58. The topological polar surface area (TPSA) is 41.6 Å². The fraction of sp³-hybridized carbons (Fsp3) is 0.381. The van der Waals surface area contributed by atoms with E-state index in [4.69, 9.17) is 4.74 Å². The van der Waals surface area contributed by atoms with Crippen molar-refractivity contribution in [3.63, 3.8) is 0 Å². The van der Waals surface area contributed by atoms with E-state index in [9.17, 15) is 4.79 Å². The Balaban J connectivity index is 1.47. The van der Waals surface area contributed by atoms with Crippen molar-refractivity contribution in [2.75, 3.05) is 23.6 Å². The van der Waals surface area contributed by atoms with Gasteiger partial charge in [-0.05, 0) is 42.7 Å². The summed E-state index contributed by atoms with van der Waals surface area (Å²) in [4.78, 5) is 14.5. The Labute approximate surface area is 160 Å². The molecule has 26 heavy (non-hydrogen) atoms. The van der Waals surface area contributed by atoms with E-state index in [2.05, 4.69) is 23.8 Å². The molecule has 3 rings (SSSR count). The average molecular weight is 371 g/mol. The highest BCUT2D eigenvalue weighted by molar-refractivity contribution is 8.00. The predicted molar refractivity (Wildman–Crippen MR) is 108 cm³/mol. The maximum atomic E-state index is 12.6. The number of carbonyl (C=O) groups excluding carboxylic acids is 1. The van der Waals surface area contributed by atoms with E-state index in [-0.39, 0.29) is 12.0 Å². The van der Waals surface area contributed by atoms with Crippen molar-refractivity contribution in [3.05, 3.63) is 65.2 Å². The fourth-order valence-corrected chi connectivity index (χ4v) is 3.51. The second kappa shape index (κ2) is 9.10. The van der Waals surface area contributed by atoms with Crippen molar-refractivity contribution in [1.82, 2.24) is 4.90 Å². The summed E-state index contributed by atoms with van der Waals surface area (Å²) in [6.07, 6.45) is 1.27. The number of rotatable bonds is 8. The van der Waals surface area contributed by atoms with E-state index in [1.165, 1.54) is 0 Å². The van der Waals surface area contributed by atoms with E-state index in [1.54, 1.807) is 11.9 Å². The molecule has 4 nitrogen and oxygen atoms in total. The molecule has 1 aliphatic rings. The Morgan fingerprint density at radius 2 is 2.00 bits per heavy atom. The van der Waals surface area contributed by atoms with Gasteiger partial charge in [0.15, 0.2) is 0 Å². The number of benzene rings is 2. The average Bonchev–Trinajstić information content (AvgIpc) is 2.62. The van der Waals surface area contributed by atoms with E-state index < -0.39 is 0 Å². The zero-order chi connectivity index (χ0) is 18.4. The van der Waals surface area contributed by atoms with Crippen molar-refractivity contribution in [2.45, 2.75) is 33.0 Å². The number of nitrogens with zero attached hydrogens (tertiary/aromatic N) is 1. The zero-order valence-electron chi connectivity index (χ0n) is 15.4. The number of carbonyl (C=O) groups is 1. The molecule has 0 aromatic heterocycles. The van der Waals surface area contributed by atoms with Gasteiger partial charge in [0.05, 0.1) is 12.7 Å². The molecule has 2 aromatic rings. The largest absolute Gasteiger partial charge is 0.370 e. The first-order valence-corrected chi connectivity index (χ1v) is 10.1. The first kappa shape index (κ1) is 18.8. The van der Waals surface area contributed by atoms with Crippen molar-refractivity contribution in [1.29, 1.82) is 0 Å². The molecule has 1 heterocycles. The van der Waals surface area contributed by atoms with Crippen LogP contribution >= 0.6 is 11.9 Å². The minimum atomic E-state index is 0.0837. The number of aryl methyl sites for hydroxylation is 1. The van der Waals surface area contributed by atoms with Gasteiger partial charge in [-0.3, -0.25) is 4.79 Å². The minimum Gasteiger partial charge on any atom is -0.370 e. The normalized spacial score (nSPS) is 14.2. The molecule has 1 saturated heterocycles. The molecule has 0 unspecified atom stereocenters. The molecule has 138 valence electrons. The van der Waals surface area contributed by atoms with Gasteiger partial charge < -0.3 is 14.4 Å². The summed E-state index contributed by atoms with van der Waals surface area (Å²) in [5.74, 6) is 1.15. The summed E-state index contributed by atoms with van der Waals surface area (Å²) in [7, 11) is 0. The molecule has 0 bridgehead atoms. The minimum absolute atomic E-state index is 0.0837. The van der Waals surface area contributed by atoms with Crippen molar-refractivity contribution < 1.29 is 9.53 Å². The van der Waals surface area contributed by atoms with Crippen molar-refractivity contribution in [2.24, 2.45) is 0 Å². The maximum Gasteiger partial charge on any atom is 0.254 e. The van der Waals surface area contributed by atoms with Crippen molar-refractivity contribution >= 4 is 23.5 Å². The molecule has 0 atom stereocenters. The summed E-state index contributed by atoms with van der Waals surface area (Å²) in [5.41, 5.74) is 4.08. The zero-order valence-corrected chi connectivity index (χ0v) is 16.2. The lowest BCUT2D eigenvalue weighted by Crippen LogP contribution is -2.54. The number of nitrogens with one attached hydrogen (secondary N) is 1. The number of hydrogen-bond acceptors (Lipinski definition) is 4. The second-order valence-electron chi connectivity index (χ2n) is 6.61. The van der Waals surface area contributed by atoms with E-state index in [0.717, 1.165) is 34.6 Å². The van der Waals surface area contributed by atoms with Gasteiger partial charge in [-0.25, -0.2) is 0 Å². The van der Waals surface area contributed by atoms with Gasteiger partial charge in [0, 0.05) is 30.1 Å². The van der Waals surface area contributed by atoms with Crippen LogP contribution in [0.3, 0.4) is 0 Å². The molecule has 1 amide bonds. The number of likely N-dealkylation sites (tertiary alicyclic amines) is 1. The van der Waals surface area contributed by atoms with Crippen LogP contribution < -0.4 is 4.72 Å². The lowest BCUT2D eigenvalue weighted by molar-refractivity contribution is -0.0503. The van der Waals surface area contributed by atoms with Gasteiger partial charge in [-0.1, -0.05) is 49.2 Å². The molecule has 1 aliphatic heterocycles. The van der Waals surface area contributed by atoms with Crippen LogP contribution in [-0.4, -0.2) is 35.8 Å². The molecule has 0 saturated carbocycles. The van der Waals surface area contributed by atoms with Crippen LogP contribution in [0.1, 0.15) is 34.8 Å². The van der Waals surface area contributed by atoms with Gasteiger partial charge in [0.25, 0.3) is 5.91 Å². The summed E-state index contributed by atoms with van der Waals surface area (Å²) in [6.45, 7) is 6.12. The van der Waals surface area contributed by atoms with Gasteiger partial charge in [0.2, 0.25) is 0 Å². The third-order valence-corrected chi connectivity index (χ3v) is 5.40. The Morgan fingerprint density at radius 3 is 2.69 bits per heavy atom. The summed E-state index contributed by atoms with van der Waals surface area (Å²) in [5, 5.41) is 0. The first-order chi connectivity index (χ1) is 12.7. The third-order valence-electron chi connectivity index (χ3n) is 4.43. The number of anilines is 1. The van der Waals surface area contributed by atoms with Crippen LogP contribution in [0.5, 0.6) is 0 Å². The number of ether oxygens (including phenoxy) is 1. The standard InChI is InChI=1S/C21H26N2O2S/c1-3-11-26-22-20-10-9-18(12-16(20)2)21(24)23-13-19(14-23)25-15-17-7-5-4-6-8-17/h4-10,12,19,22H,3,11,13-15H2,1-2H3. The molecular weight excluding hydrogens is 344 g/mol. The monoisotopic (exact) mass is 370 g/mol. The number of amides is 1. The van der Waals surface area contributed by atoms with Crippen LogP contribution in [0.25, 0.3) is 0 Å². The summed E-state index contributed by atoms with van der Waals surface area (Å²) in [6, 6.07) is 16.0. The van der Waals surface area contributed by atoms with E-state index in [1.807, 2.05) is 48.2 Å². The Bertz CT molecular complexity index is 730. The Morgan fingerprint density at radius 1 is 1.23 bits per heavy atom. The highest BCUT2D eigenvalue weighted by Crippen LogP contribution is 2.23. The van der Waals surface area contributed by atoms with Crippen LogP contribution in [0, 0.1) is 6.92 Å². The Hall–Kier alpha value is -1.98. The number of hydrogen-bond donors (Lipinski definition) is 1.